The SMILES string of the molecule is CC1CN(CN2C(=O)/C(=N\c3ncc(Cc4ccc(Cl)cc4)c(N)n3)c3cc(Cl)ccc32)CC(C)O1. The molecular weight excluding hydrogens is 499 g/mol. The van der Waals surface area contributed by atoms with Crippen LogP contribution in [0.5, 0.6) is 0 Å². The van der Waals surface area contributed by atoms with Crippen LogP contribution in [0.25, 0.3) is 0 Å². The second-order valence-electron chi connectivity index (χ2n) is 9.17. The lowest BCUT2D eigenvalue weighted by molar-refractivity contribution is -0.113. The number of fused-ring (bicyclic) bond motifs is 1. The second-order valence-corrected chi connectivity index (χ2v) is 10.0. The van der Waals surface area contributed by atoms with Crippen molar-refractivity contribution in [1.29, 1.82) is 0 Å². The summed E-state index contributed by atoms with van der Waals surface area (Å²) in [4.78, 5) is 30.7. The zero-order valence-corrected chi connectivity index (χ0v) is 21.5. The van der Waals surface area contributed by atoms with Crippen molar-refractivity contribution in [3.63, 3.8) is 0 Å². The number of hydrogen-bond acceptors (Lipinski definition) is 7. The van der Waals surface area contributed by atoms with Crippen LogP contribution in [0.2, 0.25) is 10.0 Å². The summed E-state index contributed by atoms with van der Waals surface area (Å²) in [6, 6.07) is 12.9. The van der Waals surface area contributed by atoms with E-state index in [2.05, 4.69) is 19.9 Å². The first-order valence-corrected chi connectivity index (χ1v) is 12.5. The number of morpholine rings is 1. The molecule has 0 radical (unpaired) electrons. The van der Waals surface area contributed by atoms with Crippen molar-refractivity contribution in [2.24, 2.45) is 4.99 Å². The number of anilines is 2. The number of hydrogen-bond donors (Lipinski definition) is 1. The number of nitrogens with zero attached hydrogens (tertiary/aromatic N) is 5. The highest BCUT2D eigenvalue weighted by Crippen LogP contribution is 2.33. The fourth-order valence-corrected chi connectivity index (χ4v) is 4.95. The number of rotatable bonds is 5. The van der Waals surface area contributed by atoms with Gasteiger partial charge in [0.1, 0.15) is 11.5 Å². The van der Waals surface area contributed by atoms with Crippen molar-refractivity contribution in [2.45, 2.75) is 32.5 Å². The fraction of sp³-hybridized carbons (Fsp3) is 0.308. The molecule has 2 aromatic carbocycles. The number of aliphatic imine (C=N–C) groups is 1. The van der Waals surface area contributed by atoms with Gasteiger partial charge in [-0.1, -0.05) is 35.3 Å². The maximum absolute atomic E-state index is 13.5. The maximum atomic E-state index is 13.5. The lowest BCUT2D eigenvalue weighted by atomic mass is 10.1. The van der Waals surface area contributed by atoms with Crippen LogP contribution < -0.4 is 10.6 Å². The molecule has 3 aromatic rings. The second kappa shape index (κ2) is 10.1. The van der Waals surface area contributed by atoms with E-state index in [-0.39, 0.29) is 29.8 Å². The molecule has 0 aliphatic carbocycles. The molecule has 3 heterocycles. The molecular formula is C26H26Cl2N6O2. The molecule has 10 heteroatoms. The van der Waals surface area contributed by atoms with Gasteiger partial charge in [0.05, 0.1) is 24.6 Å². The minimum Gasteiger partial charge on any atom is -0.383 e. The van der Waals surface area contributed by atoms with E-state index in [0.717, 1.165) is 29.9 Å². The van der Waals surface area contributed by atoms with Crippen molar-refractivity contribution in [3.05, 3.63) is 75.4 Å². The summed E-state index contributed by atoms with van der Waals surface area (Å²) in [7, 11) is 0. The Morgan fingerprint density at radius 2 is 1.78 bits per heavy atom. The summed E-state index contributed by atoms with van der Waals surface area (Å²) in [6.07, 6.45) is 2.38. The fourth-order valence-electron chi connectivity index (χ4n) is 4.66. The standard InChI is InChI=1S/C26H26Cl2N6O2/c1-15-12-33(13-16(2)36-15)14-34-22-8-7-20(28)10-21(22)23(25(34)35)31-26-30-11-18(24(29)32-26)9-17-3-5-19(27)6-4-17/h3-8,10-11,15-16H,9,12-14H2,1-2H3,(H2,29,30,32)/b31-23-. The lowest BCUT2D eigenvalue weighted by Gasteiger charge is -2.37. The molecule has 2 atom stereocenters. The first-order chi connectivity index (χ1) is 17.3. The Morgan fingerprint density at radius 3 is 2.47 bits per heavy atom. The number of nitrogens with two attached hydrogens (primary N) is 1. The van der Waals surface area contributed by atoms with Gasteiger partial charge in [0, 0.05) is 46.9 Å². The molecule has 1 saturated heterocycles. The molecule has 8 nitrogen and oxygen atoms in total. The predicted molar refractivity (Wildman–Crippen MR) is 142 cm³/mol. The molecule has 5 rings (SSSR count). The predicted octanol–water partition coefficient (Wildman–Crippen LogP) is 4.49. The largest absolute Gasteiger partial charge is 0.383 e. The van der Waals surface area contributed by atoms with Gasteiger partial charge in [0.15, 0.2) is 0 Å². The summed E-state index contributed by atoms with van der Waals surface area (Å²) in [6.45, 7) is 5.96. The van der Waals surface area contributed by atoms with E-state index in [9.17, 15) is 4.79 Å². The van der Waals surface area contributed by atoms with Crippen LogP contribution in [0.4, 0.5) is 17.5 Å². The monoisotopic (exact) mass is 524 g/mol. The maximum Gasteiger partial charge on any atom is 0.278 e. The van der Waals surface area contributed by atoms with E-state index in [0.29, 0.717) is 34.5 Å². The number of ether oxygens (including phenoxy) is 1. The van der Waals surface area contributed by atoms with Gasteiger partial charge < -0.3 is 10.5 Å². The van der Waals surface area contributed by atoms with E-state index in [1.165, 1.54) is 0 Å². The molecule has 1 amide bonds. The molecule has 0 bridgehead atoms. The van der Waals surface area contributed by atoms with Crippen LogP contribution in [-0.2, 0) is 16.0 Å². The van der Waals surface area contributed by atoms with E-state index in [4.69, 9.17) is 33.7 Å². The number of amides is 1. The van der Waals surface area contributed by atoms with Crippen LogP contribution in [0, 0.1) is 0 Å². The minimum atomic E-state index is -0.230. The Hall–Kier alpha value is -3.04. The lowest BCUT2D eigenvalue weighted by Crippen LogP contribution is -2.50. The van der Waals surface area contributed by atoms with Crippen LogP contribution >= 0.6 is 23.2 Å². The zero-order valence-electron chi connectivity index (χ0n) is 20.0. The molecule has 1 aromatic heterocycles. The Kier molecular flexibility index (Phi) is 6.94. The van der Waals surface area contributed by atoms with Crippen LogP contribution in [0.3, 0.4) is 0 Å². The molecule has 36 heavy (non-hydrogen) atoms. The topological polar surface area (TPSA) is 96.9 Å². The Bertz CT molecular complexity index is 1320. The normalized spacial score (nSPS) is 21.3. The van der Waals surface area contributed by atoms with E-state index in [1.807, 2.05) is 44.2 Å². The summed E-state index contributed by atoms with van der Waals surface area (Å²) < 4.78 is 5.84. The van der Waals surface area contributed by atoms with Crippen LogP contribution in [0.1, 0.15) is 30.5 Å². The van der Waals surface area contributed by atoms with E-state index in [1.54, 1.807) is 23.2 Å². The van der Waals surface area contributed by atoms with Gasteiger partial charge in [-0.25, -0.2) is 9.98 Å². The van der Waals surface area contributed by atoms with E-state index >= 15 is 0 Å². The highest BCUT2D eigenvalue weighted by atomic mass is 35.5. The number of carbonyl (C=O) groups excluding carboxylic acids is 1. The zero-order chi connectivity index (χ0) is 25.4. The first kappa shape index (κ1) is 24.6. The number of benzene rings is 2. The third-order valence-corrected chi connectivity index (χ3v) is 6.68. The number of nitrogen functional groups attached to an aromatic ring is 1. The van der Waals surface area contributed by atoms with Crippen molar-refractivity contribution >= 4 is 52.3 Å². The van der Waals surface area contributed by atoms with Gasteiger partial charge in [-0.05, 0) is 49.7 Å². The van der Waals surface area contributed by atoms with Gasteiger partial charge >= 0.3 is 0 Å². The Labute approximate surface area is 219 Å². The van der Waals surface area contributed by atoms with E-state index < -0.39 is 0 Å². The third kappa shape index (κ3) is 5.22. The van der Waals surface area contributed by atoms with Gasteiger partial charge in [0.25, 0.3) is 11.9 Å². The summed E-state index contributed by atoms with van der Waals surface area (Å²) >= 11 is 12.2. The first-order valence-electron chi connectivity index (χ1n) is 11.7. The molecule has 0 spiro atoms. The average Bonchev–Trinajstić information content (AvgIpc) is 3.06. The van der Waals surface area contributed by atoms with Crippen LogP contribution in [0.15, 0.2) is 53.7 Å². The average molecular weight is 525 g/mol. The highest BCUT2D eigenvalue weighted by Gasteiger charge is 2.36. The van der Waals surface area contributed by atoms with Crippen molar-refractivity contribution in [3.8, 4) is 0 Å². The Balaban J connectivity index is 1.42. The number of halogens is 2. The molecule has 2 aliphatic rings. The number of carbonyl (C=O) groups is 1. The van der Waals surface area contributed by atoms with Crippen LogP contribution in [-0.4, -0.2) is 58.5 Å². The molecule has 186 valence electrons. The minimum absolute atomic E-state index is 0.0899. The van der Waals surface area contributed by atoms with Gasteiger partial charge in [-0.3, -0.25) is 14.6 Å². The summed E-state index contributed by atoms with van der Waals surface area (Å²) in [5, 5.41) is 1.19. The molecule has 2 aliphatic heterocycles. The Morgan fingerprint density at radius 1 is 1.08 bits per heavy atom. The van der Waals surface area contributed by atoms with Gasteiger partial charge in [-0.15, -0.1) is 0 Å². The van der Waals surface area contributed by atoms with Gasteiger partial charge in [0.2, 0.25) is 0 Å². The summed E-state index contributed by atoms with van der Waals surface area (Å²) in [5.74, 6) is 0.202. The summed E-state index contributed by atoms with van der Waals surface area (Å²) in [5.41, 5.74) is 9.66. The number of aromatic nitrogens is 2. The molecule has 0 saturated carbocycles. The smallest absolute Gasteiger partial charge is 0.278 e. The molecule has 2 N–H and O–H groups in total. The molecule has 1 fully saturated rings. The third-order valence-electron chi connectivity index (χ3n) is 6.19. The van der Waals surface area contributed by atoms with Crippen molar-refractivity contribution in [2.75, 3.05) is 30.4 Å². The quantitative estimate of drug-likeness (QED) is 0.528. The highest BCUT2D eigenvalue weighted by molar-refractivity contribution is 6.55. The molecule has 2 unspecified atom stereocenters. The van der Waals surface area contributed by atoms with Gasteiger partial charge in [-0.2, -0.15) is 4.98 Å². The van der Waals surface area contributed by atoms with Crippen molar-refractivity contribution < 1.29 is 9.53 Å². The van der Waals surface area contributed by atoms with Crippen molar-refractivity contribution in [1.82, 2.24) is 14.9 Å².